The number of halogens is 1. The van der Waals surface area contributed by atoms with Gasteiger partial charge in [-0.15, -0.1) is 0 Å². The average molecular weight is 221 g/mol. The molecule has 0 fully saturated rings. The number of hydrogen-bond donors (Lipinski definition) is 2. The van der Waals surface area contributed by atoms with Crippen molar-refractivity contribution in [3.05, 3.63) is 23.8 Å². The fraction of sp³-hybridized carbons (Fsp3) is 0.273. The monoisotopic (exact) mass is 221 g/mol. The zero-order valence-electron chi connectivity index (χ0n) is 8.88. The number of anilines is 1. The predicted octanol–water partition coefficient (Wildman–Crippen LogP) is 0.681. The normalized spacial score (nSPS) is 9.12. The Bertz CT molecular complexity index is 448. The Labute approximate surface area is 93.1 Å². The van der Waals surface area contributed by atoms with Gasteiger partial charge in [-0.3, -0.25) is 4.79 Å². The highest BCUT2D eigenvalue weighted by molar-refractivity contribution is 5.72. The molecule has 1 aromatic rings. The van der Waals surface area contributed by atoms with Gasteiger partial charge in [0.15, 0.2) is 0 Å². The molecule has 0 aliphatic rings. The average Bonchev–Trinajstić information content (AvgIpc) is 2.22. The van der Waals surface area contributed by atoms with Gasteiger partial charge in [-0.05, 0) is 6.07 Å². The highest BCUT2D eigenvalue weighted by Crippen LogP contribution is 2.07. The summed E-state index contributed by atoms with van der Waals surface area (Å²) in [5, 5.41) is 2.61. The Morgan fingerprint density at radius 2 is 2.44 bits per heavy atom. The van der Waals surface area contributed by atoms with Gasteiger partial charge in [0, 0.05) is 31.6 Å². The fourth-order valence-corrected chi connectivity index (χ4v) is 0.999. The van der Waals surface area contributed by atoms with Gasteiger partial charge in [-0.1, -0.05) is 11.8 Å². The molecule has 1 rings (SSSR count). The van der Waals surface area contributed by atoms with Crippen LogP contribution in [0.15, 0.2) is 12.3 Å². The minimum absolute atomic E-state index is 0.0198. The van der Waals surface area contributed by atoms with Crippen molar-refractivity contribution in [1.29, 1.82) is 0 Å². The number of aromatic nitrogens is 1. The van der Waals surface area contributed by atoms with Crippen LogP contribution in [-0.2, 0) is 4.79 Å². The van der Waals surface area contributed by atoms with E-state index in [4.69, 9.17) is 5.73 Å². The fourth-order valence-electron chi connectivity index (χ4n) is 0.999. The maximum absolute atomic E-state index is 12.7. The SMILES string of the molecule is CC(=O)NCCC#Cc1cnc(F)c(N)c1. The first kappa shape index (κ1) is 12.0. The van der Waals surface area contributed by atoms with Gasteiger partial charge >= 0.3 is 0 Å². The van der Waals surface area contributed by atoms with Gasteiger partial charge in [-0.2, -0.15) is 4.39 Å². The molecule has 0 radical (unpaired) electrons. The minimum Gasteiger partial charge on any atom is -0.395 e. The molecule has 3 N–H and O–H groups in total. The molecule has 0 saturated heterocycles. The maximum Gasteiger partial charge on any atom is 0.236 e. The van der Waals surface area contributed by atoms with Crippen LogP contribution in [0.3, 0.4) is 0 Å². The predicted molar refractivity (Wildman–Crippen MR) is 58.8 cm³/mol. The van der Waals surface area contributed by atoms with Crippen LogP contribution in [0.2, 0.25) is 0 Å². The Kier molecular flexibility index (Phi) is 4.28. The van der Waals surface area contributed by atoms with Gasteiger partial charge in [0.2, 0.25) is 11.9 Å². The summed E-state index contributed by atoms with van der Waals surface area (Å²) < 4.78 is 12.7. The number of hydrogen-bond acceptors (Lipinski definition) is 3. The van der Waals surface area contributed by atoms with Gasteiger partial charge < -0.3 is 11.1 Å². The zero-order valence-corrected chi connectivity index (χ0v) is 8.88. The third-order valence-corrected chi connectivity index (χ3v) is 1.72. The first-order chi connectivity index (χ1) is 7.59. The summed E-state index contributed by atoms with van der Waals surface area (Å²) in [7, 11) is 0. The van der Waals surface area contributed by atoms with Gasteiger partial charge in [0.05, 0.1) is 5.69 Å². The van der Waals surface area contributed by atoms with Crippen LogP contribution in [0.25, 0.3) is 0 Å². The van der Waals surface area contributed by atoms with Crippen LogP contribution in [0.5, 0.6) is 0 Å². The topological polar surface area (TPSA) is 68.0 Å². The first-order valence-corrected chi connectivity index (χ1v) is 4.74. The largest absolute Gasteiger partial charge is 0.395 e. The summed E-state index contributed by atoms with van der Waals surface area (Å²) in [4.78, 5) is 14.0. The highest BCUT2D eigenvalue weighted by atomic mass is 19.1. The Morgan fingerprint density at radius 1 is 1.69 bits per heavy atom. The summed E-state index contributed by atoms with van der Waals surface area (Å²) in [5.41, 5.74) is 5.87. The van der Waals surface area contributed by atoms with Crippen molar-refractivity contribution < 1.29 is 9.18 Å². The molecule has 1 amide bonds. The molecule has 1 aromatic heterocycles. The standard InChI is InChI=1S/C11H12FN3O/c1-8(16)14-5-3-2-4-9-6-10(13)11(12)15-7-9/h6-7H,3,5,13H2,1H3,(H,14,16). The summed E-state index contributed by atoms with van der Waals surface area (Å²) in [6.07, 6.45) is 1.84. The third kappa shape index (κ3) is 3.96. The molecule has 0 atom stereocenters. The molecule has 1 heterocycles. The van der Waals surface area contributed by atoms with E-state index >= 15 is 0 Å². The number of amides is 1. The molecule has 0 bridgehead atoms. The van der Waals surface area contributed by atoms with Crippen LogP contribution < -0.4 is 11.1 Å². The number of nitrogens with two attached hydrogens (primary N) is 1. The van der Waals surface area contributed by atoms with E-state index in [0.717, 1.165) is 0 Å². The van der Waals surface area contributed by atoms with Crippen molar-refractivity contribution in [2.75, 3.05) is 12.3 Å². The summed E-state index contributed by atoms with van der Waals surface area (Å²) >= 11 is 0. The lowest BCUT2D eigenvalue weighted by molar-refractivity contribution is -0.118. The molecule has 84 valence electrons. The number of nitrogens with one attached hydrogen (secondary N) is 1. The molecule has 0 aromatic carbocycles. The van der Waals surface area contributed by atoms with Crippen molar-refractivity contribution in [1.82, 2.24) is 10.3 Å². The molecule has 5 heteroatoms. The second kappa shape index (κ2) is 5.71. The molecule has 0 spiro atoms. The molecule has 0 aliphatic heterocycles. The third-order valence-electron chi connectivity index (χ3n) is 1.72. The van der Waals surface area contributed by atoms with Gasteiger partial charge in [-0.25, -0.2) is 4.98 Å². The number of carbonyl (C=O) groups excluding carboxylic acids is 1. The molecular formula is C11H12FN3O. The van der Waals surface area contributed by atoms with Gasteiger partial charge in [0.1, 0.15) is 0 Å². The second-order valence-corrected chi connectivity index (χ2v) is 3.14. The Hall–Kier alpha value is -2.09. The number of carbonyl (C=O) groups is 1. The molecule has 16 heavy (non-hydrogen) atoms. The lowest BCUT2D eigenvalue weighted by atomic mass is 10.2. The van der Waals surface area contributed by atoms with Crippen molar-refractivity contribution >= 4 is 11.6 Å². The van der Waals surface area contributed by atoms with Crippen molar-refractivity contribution in [2.45, 2.75) is 13.3 Å². The van der Waals surface area contributed by atoms with E-state index in [9.17, 15) is 9.18 Å². The van der Waals surface area contributed by atoms with Crippen LogP contribution in [-0.4, -0.2) is 17.4 Å². The van der Waals surface area contributed by atoms with E-state index in [1.165, 1.54) is 19.2 Å². The summed E-state index contributed by atoms with van der Waals surface area (Å²) in [5.74, 6) is 4.82. The first-order valence-electron chi connectivity index (χ1n) is 4.74. The smallest absolute Gasteiger partial charge is 0.236 e. The van der Waals surface area contributed by atoms with E-state index in [-0.39, 0.29) is 11.6 Å². The molecule has 0 unspecified atom stereocenters. The quantitative estimate of drug-likeness (QED) is 0.438. The van der Waals surface area contributed by atoms with Crippen LogP contribution >= 0.6 is 0 Å². The number of nitrogens with zero attached hydrogens (tertiary/aromatic N) is 1. The van der Waals surface area contributed by atoms with Crippen molar-refractivity contribution in [3.63, 3.8) is 0 Å². The Balaban J connectivity index is 2.50. The van der Waals surface area contributed by atoms with Crippen molar-refractivity contribution in [3.8, 4) is 11.8 Å². The summed E-state index contributed by atoms with van der Waals surface area (Å²) in [6, 6.07) is 1.42. The van der Waals surface area contributed by atoms with Gasteiger partial charge in [0.25, 0.3) is 0 Å². The maximum atomic E-state index is 12.7. The number of rotatable bonds is 2. The van der Waals surface area contributed by atoms with Crippen LogP contribution in [0.1, 0.15) is 18.9 Å². The van der Waals surface area contributed by atoms with E-state index < -0.39 is 5.95 Å². The zero-order chi connectivity index (χ0) is 12.0. The number of pyridine rings is 1. The lowest BCUT2D eigenvalue weighted by Crippen LogP contribution is -2.20. The Morgan fingerprint density at radius 3 is 3.06 bits per heavy atom. The second-order valence-electron chi connectivity index (χ2n) is 3.14. The molecule has 4 nitrogen and oxygen atoms in total. The minimum atomic E-state index is -0.691. The molecule has 0 aliphatic carbocycles. The van der Waals surface area contributed by atoms with Crippen LogP contribution in [0, 0.1) is 17.8 Å². The van der Waals surface area contributed by atoms with E-state index in [1.54, 1.807) is 0 Å². The molecular weight excluding hydrogens is 209 g/mol. The van der Waals surface area contributed by atoms with Crippen LogP contribution in [0.4, 0.5) is 10.1 Å². The van der Waals surface area contributed by atoms with Crippen molar-refractivity contribution in [2.24, 2.45) is 0 Å². The lowest BCUT2D eigenvalue weighted by Gasteiger charge is -1.96. The van der Waals surface area contributed by atoms with E-state index in [2.05, 4.69) is 22.1 Å². The highest BCUT2D eigenvalue weighted by Gasteiger charge is 1.98. The molecule has 0 saturated carbocycles. The number of nitrogen functional groups attached to an aromatic ring is 1. The summed E-state index contributed by atoms with van der Waals surface area (Å²) in [6.45, 7) is 1.93. The van der Waals surface area contributed by atoms with E-state index in [0.29, 0.717) is 18.5 Å². The van der Waals surface area contributed by atoms with E-state index in [1.807, 2.05) is 0 Å².